The van der Waals surface area contributed by atoms with Crippen molar-refractivity contribution in [3.05, 3.63) is 59.9 Å². The number of hydrogen-bond donors (Lipinski definition) is 1. The van der Waals surface area contributed by atoms with Gasteiger partial charge in [0, 0.05) is 30.4 Å². The van der Waals surface area contributed by atoms with Crippen molar-refractivity contribution in [2.45, 2.75) is 58.0 Å². The Morgan fingerprint density at radius 2 is 1.96 bits per heavy atom. The molecule has 1 unspecified atom stereocenters. The van der Waals surface area contributed by atoms with Crippen LogP contribution in [0.2, 0.25) is 0 Å². The van der Waals surface area contributed by atoms with Gasteiger partial charge in [0.25, 0.3) is 0 Å². The lowest BCUT2D eigenvalue weighted by atomic mass is 9.86. The lowest BCUT2D eigenvalue weighted by Gasteiger charge is -2.37. The molecule has 2 aliphatic heterocycles. The highest BCUT2D eigenvalue weighted by Gasteiger charge is 2.64. The smallest absolute Gasteiger partial charge is 0.331 e. The van der Waals surface area contributed by atoms with E-state index in [1.807, 2.05) is 41.1 Å². The third-order valence-electron chi connectivity index (χ3n) is 5.86. The zero-order chi connectivity index (χ0) is 19.2. The van der Waals surface area contributed by atoms with Crippen LogP contribution < -0.4 is 0 Å². The molecule has 2 aromatic rings. The molecule has 0 spiro atoms. The van der Waals surface area contributed by atoms with Crippen molar-refractivity contribution in [2.24, 2.45) is 5.41 Å². The number of aliphatic hydroxyl groups excluding tert-OH is 1. The number of cyclic esters (lactones) is 1. The van der Waals surface area contributed by atoms with Crippen molar-refractivity contribution in [2.75, 3.05) is 6.54 Å². The molecule has 1 N–H and O–H groups in total. The van der Waals surface area contributed by atoms with Crippen LogP contribution in [0.25, 0.3) is 0 Å². The Bertz CT molecular complexity index is 824. The van der Waals surface area contributed by atoms with Crippen LogP contribution in [-0.4, -0.2) is 38.9 Å². The van der Waals surface area contributed by atoms with E-state index in [1.165, 1.54) is 0 Å². The van der Waals surface area contributed by atoms with Gasteiger partial charge in [-0.2, -0.15) is 0 Å². The van der Waals surface area contributed by atoms with E-state index in [0.29, 0.717) is 13.0 Å². The Morgan fingerprint density at radius 1 is 1.22 bits per heavy atom. The number of fused-ring (bicyclic) bond motifs is 1. The number of hydrogen-bond acceptors (Lipinski definition) is 4. The van der Waals surface area contributed by atoms with E-state index < -0.39 is 11.6 Å². The number of nitrogens with zero attached hydrogens (tertiary/aromatic N) is 2. The van der Waals surface area contributed by atoms with Crippen molar-refractivity contribution in [3.8, 4) is 0 Å². The molecule has 0 bridgehead atoms. The molecular formula is C22H28N2O3. The van der Waals surface area contributed by atoms with E-state index >= 15 is 0 Å². The molecule has 27 heavy (non-hydrogen) atoms. The molecule has 144 valence electrons. The summed E-state index contributed by atoms with van der Waals surface area (Å²) in [5.74, 6) is -0.292. The van der Waals surface area contributed by atoms with E-state index in [0.717, 1.165) is 24.2 Å². The second-order valence-electron chi connectivity index (χ2n) is 8.79. The second kappa shape index (κ2) is 6.50. The maximum atomic E-state index is 13.0. The second-order valence-corrected chi connectivity index (χ2v) is 8.79. The van der Waals surface area contributed by atoms with Gasteiger partial charge in [0.15, 0.2) is 11.8 Å². The third kappa shape index (κ3) is 2.89. The van der Waals surface area contributed by atoms with Gasteiger partial charge < -0.3 is 14.4 Å². The molecule has 0 aliphatic carbocycles. The minimum Gasteiger partial charge on any atom is -0.444 e. The van der Waals surface area contributed by atoms with Gasteiger partial charge in [0.1, 0.15) is 6.10 Å². The number of ether oxygens (including phenoxy) is 1. The number of aromatic nitrogens is 1. The van der Waals surface area contributed by atoms with Crippen molar-refractivity contribution >= 4 is 5.97 Å². The van der Waals surface area contributed by atoms with Gasteiger partial charge >= 0.3 is 5.97 Å². The molecule has 0 radical (unpaired) electrons. The minimum absolute atomic E-state index is 0.201. The predicted molar refractivity (Wildman–Crippen MR) is 103 cm³/mol. The highest BCUT2D eigenvalue weighted by Crippen LogP contribution is 2.49. The quantitative estimate of drug-likeness (QED) is 0.841. The Labute approximate surface area is 160 Å². The van der Waals surface area contributed by atoms with E-state index in [-0.39, 0.29) is 17.6 Å². The standard InChI is InChI=1S/C22H28N2O3/c1-21(2,3)19-24-14-8-12-22(24,20(26)27-19)18(25)17-11-7-13-23(17)15-16-9-5-4-6-10-16/h4-7,9-11,13,18-19,25H,8,12,14-15H2,1-3H3/t18?,19-,22-/m1/s1. The predicted octanol–water partition coefficient (Wildman–Crippen LogP) is 3.33. The Morgan fingerprint density at radius 3 is 2.67 bits per heavy atom. The molecule has 0 amide bonds. The molecule has 2 saturated heterocycles. The summed E-state index contributed by atoms with van der Waals surface area (Å²) in [4.78, 5) is 15.1. The zero-order valence-corrected chi connectivity index (χ0v) is 16.3. The van der Waals surface area contributed by atoms with Gasteiger partial charge in [-0.05, 0) is 30.5 Å². The maximum absolute atomic E-state index is 13.0. The van der Waals surface area contributed by atoms with E-state index in [2.05, 4.69) is 37.8 Å². The zero-order valence-electron chi connectivity index (χ0n) is 16.3. The first-order chi connectivity index (χ1) is 12.8. The normalized spacial score (nSPS) is 26.8. The first-order valence-corrected chi connectivity index (χ1v) is 9.69. The summed E-state index contributed by atoms with van der Waals surface area (Å²) < 4.78 is 7.82. The summed E-state index contributed by atoms with van der Waals surface area (Å²) in [6.07, 6.45) is 2.25. The molecule has 3 heterocycles. The van der Waals surface area contributed by atoms with Gasteiger partial charge in [-0.15, -0.1) is 0 Å². The van der Waals surface area contributed by atoms with Gasteiger partial charge in [0.05, 0.1) is 0 Å². The lowest BCUT2D eigenvalue weighted by molar-refractivity contribution is -0.151. The molecule has 1 aromatic carbocycles. The number of benzene rings is 1. The fraction of sp³-hybridized carbons (Fsp3) is 0.500. The van der Waals surface area contributed by atoms with Gasteiger partial charge in [0.2, 0.25) is 0 Å². The van der Waals surface area contributed by atoms with Gasteiger partial charge in [-0.25, -0.2) is 9.69 Å². The average Bonchev–Trinajstić information content (AvgIpc) is 3.31. The van der Waals surface area contributed by atoms with Crippen LogP contribution in [0.15, 0.2) is 48.7 Å². The minimum atomic E-state index is -0.981. The first-order valence-electron chi connectivity index (χ1n) is 9.69. The van der Waals surface area contributed by atoms with Crippen LogP contribution in [0.3, 0.4) is 0 Å². The molecule has 1 aromatic heterocycles. The Balaban J connectivity index is 1.68. The molecule has 4 rings (SSSR count). The molecular weight excluding hydrogens is 340 g/mol. The van der Waals surface area contributed by atoms with Gasteiger partial charge in [-0.1, -0.05) is 51.1 Å². The summed E-state index contributed by atoms with van der Waals surface area (Å²) in [5.41, 5.74) is 0.736. The lowest BCUT2D eigenvalue weighted by Crippen LogP contribution is -2.53. The monoisotopic (exact) mass is 368 g/mol. The third-order valence-corrected chi connectivity index (χ3v) is 5.86. The number of carbonyl (C=O) groups is 1. The summed E-state index contributed by atoms with van der Waals surface area (Å²) in [5, 5.41) is 11.4. The van der Waals surface area contributed by atoms with Crippen LogP contribution in [0.5, 0.6) is 0 Å². The summed E-state index contributed by atoms with van der Waals surface area (Å²) in [6.45, 7) is 7.65. The summed E-state index contributed by atoms with van der Waals surface area (Å²) in [7, 11) is 0. The van der Waals surface area contributed by atoms with E-state index in [1.54, 1.807) is 0 Å². The Hall–Kier alpha value is -2.11. The largest absolute Gasteiger partial charge is 0.444 e. The van der Waals surface area contributed by atoms with E-state index in [9.17, 15) is 9.90 Å². The van der Waals surface area contributed by atoms with Crippen LogP contribution in [0.1, 0.15) is 51.0 Å². The highest BCUT2D eigenvalue weighted by atomic mass is 16.6. The molecule has 2 fully saturated rings. The molecule has 5 nitrogen and oxygen atoms in total. The van der Waals surface area contributed by atoms with Crippen molar-refractivity contribution in [1.82, 2.24) is 9.47 Å². The summed E-state index contributed by atoms with van der Waals surface area (Å²) in [6, 6.07) is 14.0. The van der Waals surface area contributed by atoms with Crippen molar-refractivity contribution in [1.29, 1.82) is 0 Å². The van der Waals surface area contributed by atoms with Crippen LogP contribution in [-0.2, 0) is 16.1 Å². The molecule has 5 heteroatoms. The number of carbonyl (C=O) groups excluding carboxylic acids is 1. The van der Waals surface area contributed by atoms with Crippen molar-refractivity contribution < 1.29 is 14.6 Å². The van der Waals surface area contributed by atoms with E-state index in [4.69, 9.17) is 4.74 Å². The van der Waals surface area contributed by atoms with Gasteiger partial charge in [-0.3, -0.25) is 0 Å². The number of rotatable bonds is 4. The van der Waals surface area contributed by atoms with Crippen LogP contribution >= 0.6 is 0 Å². The number of esters is 1. The topological polar surface area (TPSA) is 54.7 Å². The fourth-order valence-electron chi connectivity index (χ4n) is 4.57. The first kappa shape index (κ1) is 18.3. The Kier molecular flexibility index (Phi) is 4.40. The molecule has 0 saturated carbocycles. The summed E-state index contributed by atoms with van der Waals surface area (Å²) >= 11 is 0. The van der Waals surface area contributed by atoms with Crippen LogP contribution in [0.4, 0.5) is 0 Å². The maximum Gasteiger partial charge on any atom is 0.331 e. The molecule has 2 aliphatic rings. The SMILES string of the molecule is CC(C)(C)[C@H]1OC(=O)[C@]2(C(O)c3cccn3Cc3ccccc3)CCCN12. The average molecular weight is 368 g/mol. The van der Waals surface area contributed by atoms with Crippen LogP contribution in [0, 0.1) is 5.41 Å². The number of aliphatic hydroxyl groups is 1. The fourth-order valence-corrected chi connectivity index (χ4v) is 4.57. The highest BCUT2D eigenvalue weighted by molar-refractivity contribution is 5.84. The van der Waals surface area contributed by atoms with Crippen molar-refractivity contribution in [3.63, 3.8) is 0 Å². The molecule has 3 atom stereocenters.